The van der Waals surface area contributed by atoms with Crippen LogP contribution in [0.3, 0.4) is 0 Å². The molecule has 132 valence electrons. The monoisotopic (exact) mass is 339 g/mol. The number of ether oxygens (including phenoxy) is 1. The van der Waals surface area contributed by atoms with Gasteiger partial charge in [0.05, 0.1) is 19.0 Å². The molecule has 1 unspecified atom stereocenters. The second kappa shape index (κ2) is 8.01. The number of amides is 1. The molecule has 1 aromatic carbocycles. The van der Waals surface area contributed by atoms with Gasteiger partial charge in [-0.3, -0.25) is 4.79 Å². The standard InChI is InChI=1S/C20H25N3O2/c1-3-17-6-4-5-13-23(17)19-12-9-16(14-21-19)22-20(24)15-7-10-18(25-2)11-8-15/h7-12,14,17H,3-6,13H2,1-2H3,(H,22,24). The maximum Gasteiger partial charge on any atom is 0.255 e. The molecule has 5 nitrogen and oxygen atoms in total. The number of carbonyl (C=O) groups is 1. The van der Waals surface area contributed by atoms with E-state index >= 15 is 0 Å². The topological polar surface area (TPSA) is 54.5 Å². The highest BCUT2D eigenvalue weighted by molar-refractivity contribution is 6.04. The molecule has 0 spiro atoms. The highest BCUT2D eigenvalue weighted by atomic mass is 16.5. The number of nitrogens with one attached hydrogen (secondary N) is 1. The molecule has 1 aliphatic rings. The lowest BCUT2D eigenvalue weighted by Crippen LogP contribution is -2.39. The van der Waals surface area contributed by atoms with Gasteiger partial charge in [0.25, 0.3) is 5.91 Å². The van der Waals surface area contributed by atoms with Crippen molar-refractivity contribution >= 4 is 17.4 Å². The van der Waals surface area contributed by atoms with Crippen molar-refractivity contribution in [2.45, 2.75) is 38.6 Å². The predicted molar refractivity (Wildman–Crippen MR) is 100 cm³/mol. The lowest BCUT2D eigenvalue weighted by molar-refractivity contribution is 0.102. The summed E-state index contributed by atoms with van der Waals surface area (Å²) in [6.07, 6.45) is 6.61. The SMILES string of the molecule is CCC1CCCCN1c1ccc(NC(=O)c2ccc(OC)cc2)cn1. The zero-order valence-corrected chi connectivity index (χ0v) is 14.9. The first-order chi connectivity index (χ1) is 12.2. The number of nitrogens with zero attached hydrogens (tertiary/aromatic N) is 2. The fourth-order valence-corrected chi connectivity index (χ4v) is 3.30. The van der Waals surface area contributed by atoms with Crippen molar-refractivity contribution in [2.24, 2.45) is 0 Å². The van der Waals surface area contributed by atoms with E-state index in [0.29, 0.717) is 17.3 Å². The van der Waals surface area contributed by atoms with Crippen molar-refractivity contribution in [1.82, 2.24) is 4.98 Å². The summed E-state index contributed by atoms with van der Waals surface area (Å²) in [4.78, 5) is 19.3. The molecule has 1 aliphatic heterocycles. The Labute approximate surface area is 149 Å². The number of aromatic nitrogens is 1. The minimum Gasteiger partial charge on any atom is -0.497 e. The lowest BCUT2D eigenvalue weighted by Gasteiger charge is -2.36. The third kappa shape index (κ3) is 4.10. The Morgan fingerprint density at radius 3 is 2.68 bits per heavy atom. The van der Waals surface area contributed by atoms with Gasteiger partial charge in [-0.25, -0.2) is 4.98 Å². The Kier molecular flexibility index (Phi) is 5.53. The third-order valence-corrected chi connectivity index (χ3v) is 4.75. The zero-order chi connectivity index (χ0) is 17.6. The molecule has 3 rings (SSSR count). The zero-order valence-electron chi connectivity index (χ0n) is 14.9. The van der Waals surface area contributed by atoms with Crippen LogP contribution in [0.15, 0.2) is 42.6 Å². The number of hydrogen-bond acceptors (Lipinski definition) is 4. The molecular weight excluding hydrogens is 314 g/mol. The highest BCUT2D eigenvalue weighted by Gasteiger charge is 2.21. The number of carbonyl (C=O) groups excluding carboxylic acids is 1. The van der Waals surface area contributed by atoms with Gasteiger partial charge in [-0.05, 0) is 62.1 Å². The Hall–Kier alpha value is -2.56. The molecule has 2 heterocycles. The molecule has 0 saturated carbocycles. The van der Waals surface area contributed by atoms with E-state index in [9.17, 15) is 4.79 Å². The van der Waals surface area contributed by atoms with Gasteiger partial charge in [0.15, 0.2) is 0 Å². The Morgan fingerprint density at radius 1 is 1.24 bits per heavy atom. The number of methoxy groups -OCH3 is 1. The average molecular weight is 339 g/mol. The molecule has 1 N–H and O–H groups in total. The van der Waals surface area contributed by atoms with E-state index in [-0.39, 0.29) is 5.91 Å². The van der Waals surface area contributed by atoms with Crippen molar-refractivity contribution in [3.63, 3.8) is 0 Å². The van der Waals surface area contributed by atoms with E-state index in [0.717, 1.165) is 24.5 Å². The van der Waals surface area contributed by atoms with E-state index in [4.69, 9.17) is 4.74 Å². The lowest BCUT2D eigenvalue weighted by atomic mass is 10.00. The molecule has 1 amide bonds. The van der Waals surface area contributed by atoms with Gasteiger partial charge >= 0.3 is 0 Å². The first kappa shape index (κ1) is 17.3. The fourth-order valence-electron chi connectivity index (χ4n) is 3.30. The van der Waals surface area contributed by atoms with Crippen molar-refractivity contribution in [1.29, 1.82) is 0 Å². The second-order valence-electron chi connectivity index (χ2n) is 6.34. The summed E-state index contributed by atoms with van der Waals surface area (Å²) in [6, 6.07) is 11.5. The minimum atomic E-state index is -0.151. The summed E-state index contributed by atoms with van der Waals surface area (Å²) < 4.78 is 5.11. The van der Waals surface area contributed by atoms with Gasteiger partial charge in [0.2, 0.25) is 0 Å². The Morgan fingerprint density at radius 2 is 2.04 bits per heavy atom. The number of pyridine rings is 1. The maximum atomic E-state index is 12.3. The van der Waals surface area contributed by atoms with Gasteiger partial charge in [0.1, 0.15) is 11.6 Å². The van der Waals surface area contributed by atoms with Gasteiger partial charge in [-0.15, -0.1) is 0 Å². The van der Waals surface area contributed by atoms with Crippen LogP contribution in [0.1, 0.15) is 43.0 Å². The van der Waals surface area contributed by atoms with Crippen LogP contribution in [-0.2, 0) is 0 Å². The molecule has 1 aromatic heterocycles. The number of anilines is 2. The van der Waals surface area contributed by atoms with Crippen LogP contribution in [0.25, 0.3) is 0 Å². The summed E-state index contributed by atoms with van der Waals surface area (Å²) in [5.41, 5.74) is 1.29. The van der Waals surface area contributed by atoms with Crippen LogP contribution in [0.2, 0.25) is 0 Å². The summed E-state index contributed by atoms with van der Waals surface area (Å²) in [5, 5.41) is 2.89. The molecule has 1 atom stereocenters. The molecule has 2 aromatic rings. The van der Waals surface area contributed by atoms with Gasteiger partial charge in [-0.2, -0.15) is 0 Å². The van der Waals surface area contributed by atoms with E-state index in [1.54, 1.807) is 37.6 Å². The smallest absolute Gasteiger partial charge is 0.255 e. The van der Waals surface area contributed by atoms with Gasteiger partial charge < -0.3 is 15.0 Å². The maximum absolute atomic E-state index is 12.3. The largest absolute Gasteiger partial charge is 0.497 e. The van der Waals surface area contributed by atoms with Crippen LogP contribution in [0, 0.1) is 0 Å². The van der Waals surface area contributed by atoms with Gasteiger partial charge in [0, 0.05) is 18.2 Å². The van der Waals surface area contributed by atoms with Crippen LogP contribution in [0.4, 0.5) is 11.5 Å². The van der Waals surface area contributed by atoms with E-state index in [1.807, 2.05) is 12.1 Å². The predicted octanol–water partition coefficient (Wildman–Crippen LogP) is 4.11. The molecule has 1 fully saturated rings. The van der Waals surface area contributed by atoms with E-state index in [2.05, 4.69) is 22.1 Å². The van der Waals surface area contributed by atoms with Crippen LogP contribution < -0.4 is 15.0 Å². The normalized spacial score (nSPS) is 17.2. The minimum absolute atomic E-state index is 0.151. The van der Waals surface area contributed by atoms with Crippen molar-refractivity contribution < 1.29 is 9.53 Å². The number of hydrogen-bond donors (Lipinski definition) is 1. The molecular formula is C20H25N3O2. The summed E-state index contributed by atoms with van der Waals surface area (Å²) in [5.74, 6) is 1.57. The van der Waals surface area contributed by atoms with E-state index < -0.39 is 0 Å². The summed E-state index contributed by atoms with van der Waals surface area (Å²) >= 11 is 0. The summed E-state index contributed by atoms with van der Waals surface area (Å²) in [6.45, 7) is 3.29. The molecule has 0 aliphatic carbocycles. The number of rotatable bonds is 5. The Bertz CT molecular complexity index is 698. The molecule has 0 radical (unpaired) electrons. The number of piperidine rings is 1. The molecule has 25 heavy (non-hydrogen) atoms. The van der Waals surface area contributed by atoms with Crippen LogP contribution in [0.5, 0.6) is 5.75 Å². The molecule has 1 saturated heterocycles. The summed E-state index contributed by atoms with van der Waals surface area (Å²) in [7, 11) is 1.60. The quantitative estimate of drug-likeness (QED) is 0.890. The molecule has 5 heteroatoms. The van der Waals surface area contributed by atoms with Crippen molar-refractivity contribution in [2.75, 3.05) is 23.9 Å². The van der Waals surface area contributed by atoms with Crippen LogP contribution in [-0.4, -0.2) is 30.6 Å². The second-order valence-corrected chi connectivity index (χ2v) is 6.34. The first-order valence-corrected chi connectivity index (χ1v) is 8.89. The number of benzene rings is 1. The van der Waals surface area contributed by atoms with Crippen molar-refractivity contribution in [3.05, 3.63) is 48.2 Å². The Balaban J connectivity index is 1.66. The highest BCUT2D eigenvalue weighted by Crippen LogP contribution is 2.25. The molecule has 0 bridgehead atoms. The fraction of sp³-hybridized carbons (Fsp3) is 0.400. The van der Waals surface area contributed by atoms with Gasteiger partial charge in [-0.1, -0.05) is 6.92 Å². The van der Waals surface area contributed by atoms with Crippen LogP contribution >= 0.6 is 0 Å². The van der Waals surface area contributed by atoms with Crippen molar-refractivity contribution in [3.8, 4) is 5.75 Å². The first-order valence-electron chi connectivity index (χ1n) is 8.89. The third-order valence-electron chi connectivity index (χ3n) is 4.75. The average Bonchev–Trinajstić information content (AvgIpc) is 2.68. The van der Waals surface area contributed by atoms with E-state index in [1.165, 1.54) is 19.3 Å².